The zero-order valence-electron chi connectivity index (χ0n) is 10.9. The smallest absolute Gasteiger partial charge is 0.273 e. The van der Waals surface area contributed by atoms with Crippen LogP contribution in [0.4, 0.5) is 5.69 Å². The Hall–Kier alpha value is -2.66. The summed E-state index contributed by atoms with van der Waals surface area (Å²) in [5.41, 5.74) is 2.56. The molecule has 5 nitrogen and oxygen atoms in total. The molecule has 0 fully saturated rings. The number of rotatable bonds is 3. The first-order valence-electron chi connectivity index (χ1n) is 6.25. The van der Waals surface area contributed by atoms with Crippen molar-refractivity contribution in [3.63, 3.8) is 0 Å². The van der Waals surface area contributed by atoms with Gasteiger partial charge in [0, 0.05) is 28.7 Å². The molecule has 3 rings (SSSR count). The van der Waals surface area contributed by atoms with Crippen molar-refractivity contribution in [3.8, 4) is 11.3 Å². The Morgan fingerprint density at radius 3 is 2.71 bits per heavy atom. The Labute approximate surface area is 126 Å². The fraction of sp³-hybridized carbons (Fsp3) is 0. The Morgan fingerprint density at radius 2 is 1.95 bits per heavy atom. The van der Waals surface area contributed by atoms with Gasteiger partial charge in [-0.05, 0) is 30.3 Å². The molecule has 1 aromatic carbocycles. The summed E-state index contributed by atoms with van der Waals surface area (Å²) in [6, 6.07) is 12.4. The summed E-state index contributed by atoms with van der Waals surface area (Å²) in [4.78, 5) is 16.0. The monoisotopic (exact) mass is 298 g/mol. The molecule has 0 unspecified atom stereocenters. The molecule has 0 saturated carbocycles. The maximum Gasteiger partial charge on any atom is 0.273 e. The Bertz CT molecular complexity index is 770. The summed E-state index contributed by atoms with van der Waals surface area (Å²) < 4.78 is 0. The van der Waals surface area contributed by atoms with Gasteiger partial charge in [0.2, 0.25) is 0 Å². The number of aromatic amines is 1. The number of hydrogen-bond donors (Lipinski definition) is 2. The number of pyridine rings is 1. The summed E-state index contributed by atoms with van der Waals surface area (Å²) in [6.07, 6.45) is 3.22. The average Bonchev–Trinajstić information content (AvgIpc) is 2.98. The first kappa shape index (κ1) is 13.3. The van der Waals surface area contributed by atoms with E-state index >= 15 is 0 Å². The maximum absolute atomic E-state index is 12.1. The fourth-order valence-electron chi connectivity index (χ4n) is 1.87. The van der Waals surface area contributed by atoms with Crippen LogP contribution in [0.1, 0.15) is 10.5 Å². The van der Waals surface area contributed by atoms with E-state index in [0.29, 0.717) is 22.1 Å². The largest absolute Gasteiger partial charge is 0.321 e. The Morgan fingerprint density at radius 1 is 1.14 bits per heavy atom. The van der Waals surface area contributed by atoms with E-state index < -0.39 is 0 Å². The average molecular weight is 299 g/mol. The van der Waals surface area contributed by atoms with Gasteiger partial charge in [0.1, 0.15) is 5.69 Å². The first-order chi connectivity index (χ1) is 10.2. The van der Waals surface area contributed by atoms with Crippen LogP contribution < -0.4 is 5.32 Å². The van der Waals surface area contributed by atoms with Crippen LogP contribution in [0, 0.1) is 0 Å². The number of H-pyrrole nitrogens is 1. The second kappa shape index (κ2) is 5.76. The van der Waals surface area contributed by atoms with Gasteiger partial charge in [-0.15, -0.1) is 0 Å². The molecule has 0 aliphatic rings. The number of anilines is 1. The molecular formula is C15H11ClN4O. The van der Waals surface area contributed by atoms with Crippen LogP contribution in [0.2, 0.25) is 5.02 Å². The standard InChI is InChI=1S/C15H11ClN4O/c16-11-3-1-2-10(8-11)13-9-14(20-19-13)15(21)18-12-4-6-17-7-5-12/h1-9H,(H,19,20)(H,17,18,21). The maximum atomic E-state index is 12.1. The van der Waals surface area contributed by atoms with E-state index in [2.05, 4.69) is 20.5 Å². The number of aromatic nitrogens is 3. The van der Waals surface area contributed by atoms with Crippen molar-refractivity contribution >= 4 is 23.2 Å². The molecular weight excluding hydrogens is 288 g/mol. The lowest BCUT2D eigenvalue weighted by molar-refractivity contribution is 0.102. The highest BCUT2D eigenvalue weighted by atomic mass is 35.5. The molecule has 2 aromatic heterocycles. The molecule has 0 aliphatic heterocycles. The predicted octanol–water partition coefficient (Wildman–Crippen LogP) is 3.38. The van der Waals surface area contributed by atoms with Gasteiger partial charge in [-0.3, -0.25) is 14.9 Å². The van der Waals surface area contributed by atoms with Crippen molar-refractivity contribution < 1.29 is 4.79 Å². The van der Waals surface area contributed by atoms with Crippen molar-refractivity contribution in [2.75, 3.05) is 5.32 Å². The number of nitrogens with zero attached hydrogens (tertiary/aromatic N) is 2. The zero-order valence-corrected chi connectivity index (χ0v) is 11.6. The molecule has 21 heavy (non-hydrogen) atoms. The quantitative estimate of drug-likeness (QED) is 0.778. The summed E-state index contributed by atoms with van der Waals surface area (Å²) in [5.74, 6) is -0.262. The lowest BCUT2D eigenvalue weighted by Gasteiger charge is -2.01. The SMILES string of the molecule is O=C(Nc1ccncc1)c1cc(-c2cccc(Cl)c2)n[nH]1. The van der Waals surface area contributed by atoms with Crippen LogP contribution in [-0.2, 0) is 0 Å². The number of hydrogen-bond acceptors (Lipinski definition) is 3. The number of benzene rings is 1. The van der Waals surface area contributed by atoms with Gasteiger partial charge < -0.3 is 5.32 Å². The molecule has 2 heterocycles. The van der Waals surface area contributed by atoms with Crippen LogP contribution in [0.15, 0.2) is 54.9 Å². The molecule has 0 spiro atoms. The van der Waals surface area contributed by atoms with Gasteiger partial charge >= 0.3 is 0 Å². The van der Waals surface area contributed by atoms with Crippen LogP contribution in [0.25, 0.3) is 11.3 Å². The minimum absolute atomic E-state index is 0.262. The molecule has 0 aliphatic carbocycles. The molecule has 0 radical (unpaired) electrons. The second-order valence-corrected chi connectivity index (χ2v) is 4.80. The summed E-state index contributed by atoms with van der Waals surface area (Å²) in [7, 11) is 0. The predicted molar refractivity (Wildman–Crippen MR) is 81.2 cm³/mol. The zero-order chi connectivity index (χ0) is 14.7. The van der Waals surface area contributed by atoms with Gasteiger partial charge in [0.05, 0.1) is 5.69 Å². The van der Waals surface area contributed by atoms with Crippen molar-refractivity contribution in [2.24, 2.45) is 0 Å². The topological polar surface area (TPSA) is 70.7 Å². The molecule has 6 heteroatoms. The van der Waals surface area contributed by atoms with Crippen LogP contribution in [0.3, 0.4) is 0 Å². The fourth-order valence-corrected chi connectivity index (χ4v) is 2.06. The molecule has 1 amide bonds. The van der Waals surface area contributed by atoms with Gasteiger partial charge in [-0.1, -0.05) is 23.7 Å². The summed E-state index contributed by atoms with van der Waals surface area (Å²) in [5, 5.41) is 10.2. The van der Waals surface area contributed by atoms with E-state index in [1.54, 1.807) is 42.7 Å². The number of carbonyl (C=O) groups excluding carboxylic acids is 1. The molecule has 0 atom stereocenters. The molecule has 104 valence electrons. The van der Waals surface area contributed by atoms with E-state index in [1.165, 1.54) is 0 Å². The van der Waals surface area contributed by atoms with Gasteiger partial charge in [-0.2, -0.15) is 5.10 Å². The molecule has 0 bridgehead atoms. The normalized spacial score (nSPS) is 10.3. The van der Waals surface area contributed by atoms with Crippen molar-refractivity contribution in [1.29, 1.82) is 0 Å². The second-order valence-electron chi connectivity index (χ2n) is 4.37. The highest BCUT2D eigenvalue weighted by molar-refractivity contribution is 6.30. The Kier molecular flexibility index (Phi) is 3.66. The van der Waals surface area contributed by atoms with Gasteiger partial charge in [-0.25, -0.2) is 0 Å². The lowest BCUT2D eigenvalue weighted by atomic mass is 10.1. The number of nitrogens with one attached hydrogen (secondary N) is 2. The van der Waals surface area contributed by atoms with E-state index in [1.807, 2.05) is 12.1 Å². The van der Waals surface area contributed by atoms with Crippen LogP contribution in [-0.4, -0.2) is 21.1 Å². The molecule has 0 saturated heterocycles. The van der Waals surface area contributed by atoms with Crippen molar-refractivity contribution in [3.05, 3.63) is 65.6 Å². The number of halogens is 1. The van der Waals surface area contributed by atoms with Crippen molar-refractivity contribution in [1.82, 2.24) is 15.2 Å². The minimum atomic E-state index is -0.262. The van der Waals surface area contributed by atoms with E-state index in [0.717, 1.165) is 5.56 Å². The van der Waals surface area contributed by atoms with Gasteiger partial charge in [0.25, 0.3) is 5.91 Å². The number of carbonyl (C=O) groups is 1. The third kappa shape index (κ3) is 3.09. The van der Waals surface area contributed by atoms with Crippen LogP contribution in [0.5, 0.6) is 0 Å². The van der Waals surface area contributed by atoms with Crippen LogP contribution >= 0.6 is 11.6 Å². The minimum Gasteiger partial charge on any atom is -0.321 e. The highest BCUT2D eigenvalue weighted by Gasteiger charge is 2.11. The lowest BCUT2D eigenvalue weighted by Crippen LogP contribution is -2.12. The summed E-state index contributed by atoms with van der Waals surface area (Å²) in [6.45, 7) is 0. The molecule has 2 N–H and O–H groups in total. The van der Waals surface area contributed by atoms with Gasteiger partial charge in [0.15, 0.2) is 0 Å². The molecule has 3 aromatic rings. The first-order valence-corrected chi connectivity index (χ1v) is 6.63. The van der Waals surface area contributed by atoms with E-state index in [-0.39, 0.29) is 5.91 Å². The number of amides is 1. The third-order valence-corrected chi connectivity index (χ3v) is 3.12. The third-order valence-electron chi connectivity index (χ3n) is 2.88. The highest BCUT2D eigenvalue weighted by Crippen LogP contribution is 2.21. The van der Waals surface area contributed by atoms with Crippen molar-refractivity contribution in [2.45, 2.75) is 0 Å². The Balaban J connectivity index is 1.80. The van der Waals surface area contributed by atoms with E-state index in [9.17, 15) is 4.79 Å². The summed E-state index contributed by atoms with van der Waals surface area (Å²) >= 11 is 5.95. The van der Waals surface area contributed by atoms with E-state index in [4.69, 9.17) is 11.6 Å².